The zero-order valence-electron chi connectivity index (χ0n) is 24.2. The number of phenolic OH excluding ortho intramolecular Hbond substituents is 2. The van der Waals surface area contributed by atoms with Crippen LogP contribution in [0.25, 0.3) is 11.0 Å². The zero-order valence-corrected chi connectivity index (χ0v) is 24.2. The summed E-state index contributed by atoms with van der Waals surface area (Å²) in [5, 5.41) is 20.3. The van der Waals surface area contributed by atoms with Crippen LogP contribution in [0.5, 0.6) is 11.5 Å². The molecule has 4 nitrogen and oxygen atoms in total. The van der Waals surface area contributed by atoms with Gasteiger partial charge in [-0.15, -0.1) is 0 Å². The molecule has 224 valence electrons. The van der Waals surface area contributed by atoms with Gasteiger partial charge in [0.05, 0.1) is 5.56 Å². The number of hydrogen-bond acceptors (Lipinski definition) is 4. The smallest absolute Gasteiger partial charge is 0.417 e. The van der Waals surface area contributed by atoms with Crippen LogP contribution >= 0.6 is 0 Å². The van der Waals surface area contributed by atoms with Crippen LogP contribution in [0.3, 0.4) is 0 Å². The van der Waals surface area contributed by atoms with Crippen LogP contribution in [-0.2, 0) is 44.7 Å². The molecule has 0 unspecified atom stereocenters. The Morgan fingerprint density at radius 2 is 1.30 bits per heavy atom. The second-order valence-corrected chi connectivity index (χ2v) is 11.1. The summed E-state index contributed by atoms with van der Waals surface area (Å²) < 4.78 is 46.5. The van der Waals surface area contributed by atoms with Crippen molar-refractivity contribution in [3.63, 3.8) is 0 Å². The predicted molar refractivity (Wildman–Crippen MR) is 167 cm³/mol. The molecule has 2 N–H and O–H groups in total. The van der Waals surface area contributed by atoms with Crippen LogP contribution in [0.4, 0.5) is 13.2 Å². The van der Waals surface area contributed by atoms with E-state index in [0.29, 0.717) is 12.5 Å². The summed E-state index contributed by atoms with van der Waals surface area (Å²) in [4.78, 5) is 11.8. The van der Waals surface area contributed by atoms with Crippen LogP contribution in [0, 0.1) is 0 Å². The first-order valence-electron chi connectivity index (χ1n) is 14.7. The molecule has 4 aromatic carbocycles. The first kappa shape index (κ1) is 31.0. The van der Waals surface area contributed by atoms with Crippen LogP contribution in [0.2, 0.25) is 0 Å². The normalized spacial score (nSPS) is 11.7. The number of unbranched alkanes of at least 4 members (excludes halogenated alkanes) is 1. The molecular weight excluding hydrogens is 564 g/mol. The van der Waals surface area contributed by atoms with E-state index in [-0.39, 0.29) is 12.0 Å². The van der Waals surface area contributed by atoms with Gasteiger partial charge in [-0.2, -0.15) is 13.2 Å². The summed E-state index contributed by atoms with van der Waals surface area (Å²) in [5.41, 5.74) is 3.66. The lowest BCUT2D eigenvalue weighted by Crippen LogP contribution is -2.12. The molecule has 0 saturated carbocycles. The van der Waals surface area contributed by atoms with Gasteiger partial charge in [0, 0.05) is 23.1 Å². The highest BCUT2D eigenvalue weighted by molar-refractivity contribution is 6.32. The van der Waals surface area contributed by atoms with Crippen LogP contribution in [0.1, 0.15) is 51.8 Å². The summed E-state index contributed by atoms with van der Waals surface area (Å²) in [6.07, 6.45) is 0.969. The topological polar surface area (TPSA) is 70.7 Å². The number of hydrogen-bond donors (Lipinski definition) is 2. The predicted octanol–water partition coefficient (Wildman–Crippen LogP) is 7.15. The van der Waals surface area contributed by atoms with Crippen molar-refractivity contribution in [3.05, 3.63) is 134 Å². The Bertz CT molecular complexity index is 1830. The maximum absolute atomic E-state index is 13.8. The van der Waals surface area contributed by atoms with Crippen molar-refractivity contribution in [3.8, 4) is 11.5 Å². The largest absolute Gasteiger partial charge is 0.504 e. The zero-order chi connectivity index (χ0) is 31.3. The fourth-order valence-corrected chi connectivity index (χ4v) is 5.78. The highest BCUT2D eigenvalue weighted by Gasteiger charge is 2.35. The molecule has 0 atom stereocenters. The summed E-state index contributed by atoms with van der Waals surface area (Å²) in [6, 6.07) is 25.5. The van der Waals surface area contributed by atoms with Gasteiger partial charge in [0.25, 0.3) is 0 Å². The molecule has 0 amide bonds. The monoisotopic (exact) mass is 596 g/mol. The SMILES string of the molecule is [B]c1cccc(CCc2cccc(CCCCc3ccccc3CCc3c(O)c(O)cc4oc(=O)cc(C(F)(F)F)c34)c2)c1. The van der Waals surface area contributed by atoms with Gasteiger partial charge in [-0.05, 0) is 79.2 Å². The molecular formula is C36H32BF3O4. The fourth-order valence-electron chi connectivity index (χ4n) is 5.78. The molecule has 0 aliphatic heterocycles. The third-order valence-corrected chi connectivity index (χ3v) is 7.96. The van der Waals surface area contributed by atoms with Gasteiger partial charge in [0.15, 0.2) is 11.5 Å². The van der Waals surface area contributed by atoms with Crippen molar-refractivity contribution in [2.45, 2.75) is 57.5 Å². The number of alkyl halides is 3. The minimum Gasteiger partial charge on any atom is -0.504 e. The number of fused-ring (bicyclic) bond motifs is 1. The molecule has 1 heterocycles. The van der Waals surface area contributed by atoms with Crippen LogP contribution in [-0.4, -0.2) is 18.1 Å². The number of halogens is 3. The maximum Gasteiger partial charge on any atom is 0.417 e. The van der Waals surface area contributed by atoms with Crippen molar-refractivity contribution < 1.29 is 27.8 Å². The second-order valence-electron chi connectivity index (χ2n) is 11.1. The molecule has 44 heavy (non-hydrogen) atoms. The number of aromatic hydroxyl groups is 2. The minimum absolute atomic E-state index is 0.00686. The standard InChI is InChI=1S/C36H32BF3O4/c37-28-14-6-10-25(20-28)16-15-24-9-5-8-23(19-24)7-1-2-11-26-12-3-4-13-27(26)17-18-29-34-30(36(38,39)40)21-33(42)44-32(34)22-31(41)35(29)43/h3-6,8-10,12-14,19-22,41,43H,1-2,7,11,15-18H2. The second kappa shape index (κ2) is 13.5. The summed E-state index contributed by atoms with van der Waals surface area (Å²) in [7, 11) is 5.90. The number of phenols is 2. The van der Waals surface area contributed by atoms with Gasteiger partial charge >= 0.3 is 11.8 Å². The number of aryl methyl sites for hydroxylation is 6. The Balaban J connectivity index is 1.23. The maximum atomic E-state index is 13.8. The van der Waals surface area contributed by atoms with E-state index in [4.69, 9.17) is 12.3 Å². The Labute approximate surface area is 255 Å². The molecule has 2 radical (unpaired) electrons. The number of benzene rings is 4. The van der Waals surface area contributed by atoms with E-state index in [1.165, 1.54) is 16.7 Å². The summed E-state index contributed by atoms with van der Waals surface area (Å²) in [6.45, 7) is 0. The first-order valence-corrected chi connectivity index (χ1v) is 14.7. The van der Waals surface area contributed by atoms with Crippen molar-refractivity contribution in [1.82, 2.24) is 0 Å². The average Bonchev–Trinajstić information content (AvgIpc) is 2.98. The molecule has 0 bridgehead atoms. The minimum atomic E-state index is -4.85. The lowest BCUT2D eigenvalue weighted by molar-refractivity contribution is -0.136. The molecule has 0 saturated heterocycles. The van der Waals surface area contributed by atoms with E-state index in [1.807, 2.05) is 42.5 Å². The van der Waals surface area contributed by atoms with Gasteiger partial charge in [-0.25, -0.2) is 4.79 Å². The third kappa shape index (κ3) is 7.54. The fraction of sp³-hybridized carbons (Fsp3) is 0.250. The Kier molecular flexibility index (Phi) is 9.48. The molecule has 0 spiro atoms. The molecule has 0 aliphatic carbocycles. The van der Waals surface area contributed by atoms with Crippen molar-refractivity contribution in [1.29, 1.82) is 0 Å². The lowest BCUT2D eigenvalue weighted by Gasteiger charge is -2.16. The summed E-state index contributed by atoms with van der Waals surface area (Å²) >= 11 is 0. The van der Waals surface area contributed by atoms with Gasteiger partial charge in [0.1, 0.15) is 13.4 Å². The Morgan fingerprint density at radius 1 is 0.682 bits per heavy atom. The first-order chi connectivity index (χ1) is 21.1. The quantitative estimate of drug-likeness (QED) is 0.0736. The Hall–Kier alpha value is -4.46. The van der Waals surface area contributed by atoms with Gasteiger partial charge in [-0.3, -0.25) is 0 Å². The van der Waals surface area contributed by atoms with E-state index in [1.54, 1.807) is 0 Å². The van der Waals surface area contributed by atoms with E-state index in [9.17, 15) is 28.2 Å². The van der Waals surface area contributed by atoms with E-state index in [2.05, 4.69) is 30.3 Å². The van der Waals surface area contributed by atoms with Gasteiger partial charge in [0.2, 0.25) is 0 Å². The molecule has 0 aliphatic rings. The van der Waals surface area contributed by atoms with E-state index < -0.39 is 39.8 Å². The van der Waals surface area contributed by atoms with E-state index >= 15 is 0 Å². The van der Waals surface area contributed by atoms with Crippen molar-refractivity contribution in [2.24, 2.45) is 0 Å². The average molecular weight is 596 g/mol. The van der Waals surface area contributed by atoms with Gasteiger partial charge < -0.3 is 14.6 Å². The van der Waals surface area contributed by atoms with E-state index in [0.717, 1.165) is 61.2 Å². The van der Waals surface area contributed by atoms with Gasteiger partial charge in [-0.1, -0.05) is 78.3 Å². The third-order valence-electron chi connectivity index (χ3n) is 7.96. The molecule has 5 aromatic rings. The van der Waals surface area contributed by atoms with Crippen molar-refractivity contribution in [2.75, 3.05) is 0 Å². The van der Waals surface area contributed by atoms with Crippen LogP contribution in [0.15, 0.2) is 94.1 Å². The van der Waals surface area contributed by atoms with Crippen molar-refractivity contribution >= 4 is 24.3 Å². The number of rotatable bonds is 11. The molecule has 0 fully saturated rings. The highest BCUT2D eigenvalue weighted by atomic mass is 19.4. The molecule has 8 heteroatoms. The Morgan fingerprint density at radius 3 is 1.98 bits per heavy atom. The summed E-state index contributed by atoms with van der Waals surface area (Å²) in [5.74, 6) is -1.29. The lowest BCUT2D eigenvalue weighted by atomic mass is 9.92. The molecule has 1 aromatic heterocycles. The molecule has 5 rings (SSSR count). The highest BCUT2D eigenvalue weighted by Crippen LogP contribution is 2.42. The van der Waals surface area contributed by atoms with Crippen LogP contribution < -0.4 is 11.1 Å².